The monoisotopic (exact) mass is 280 g/mol. The van der Waals surface area contributed by atoms with Gasteiger partial charge >= 0.3 is 5.97 Å². The Morgan fingerprint density at radius 3 is 3.11 bits per heavy atom. The normalized spacial score (nSPS) is 10.4. The van der Waals surface area contributed by atoms with E-state index in [9.17, 15) is 4.79 Å². The van der Waals surface area contributed by atoms with E-state index in [1.807, 2.05) is 6.92 Å². The van der Waals surface area contributed by atoms with Gasteiger partial charge in [0.2, 0.25) is 0 Å². The summed E-state index contributed by atoms with van der Waals surface area (Å²) in [6.07, 6.45) is 4.27. The topological polar surface area (TPSA) is 79.9 Å². The van der Waals surface area contributed by atoms with Gasteiger partial charge < -0.3 is 15.0 Å². The van der Waals surface area contributed by atoms with Crippen molar-refractivity contribution < 1.29 is 9.53 Å². The number of nitrogens with one attached hydrogen (secondary N) is 2. The summed E-state index contributed by atoms with van der Waals surface area (Å²) in [4.78, 5) is 23.7. The highest BCUT2D eigenvalue weighted by molar-refractivity contribution is 7.15. The molecule has 2 heterocycles. The minimum atomic E-state index is -0.363. The Hall–Kier alpha value is -1.89. The third-order valence-corrected chi connectivity index (χ3v) is 3.42. The number of hydrogen-bond donors (Lipinski definition) is 2. The Balaban J connectivity index is 1.90. The molecule has 0 unspecified atom stereocenters. The van der Waals surface area contributed by atoms with Gasteiger partial charge in [0.1, 0.15) is 0 Å². The molecule has 102 valence electrons. The van der Waals surface area contributed by atoms with Crippen LogP contribution in [0.15, 0.2) is 12.5 Å². The zero-order chi connectivity index (χ0) is 13.7. The molecule has 0 amide bonds. The van der Waals surface area contributed by atoms with Crippen LogP contribution in [0.5, 0.6) is 0 Å². The summed E-state index contributed by atoms with van der Waals surface area (Å²) in [6.45, 7) is 4.74. The van der Waals surface area contributed by atoms with Crippen LogP contribution in [0.3, 0.4) is 0 Å². The first-order valence-electron chi connectivity index (χ1n) is 6.06. The molecule has 0 saturated carbocycles. The Bertz CT molecular complexity index is 536. The number of anilines is 1. The Kier molecular flexibility index (Phi) is 4.51. The van der Waals surface area contributed by atoms with Gasteiger partial charge in [0.25, 0.3) is 0 Å². The highest BCUT2D eigenvalue weighted by Gasteiger charge is 2.16. The standard InChI is InChI=1S/C12H16N4O2S/c1-3-18-11(17)10-8(2)19-12(16-10)14-5-4-9-6-13-7-15-9/h6-7H,3-5H2,1-2H3,(H,13,15)(H,14,16). The van der Waals surface area contributed by atoms with Crippen molar-refractivity contribution in [2.24, 2.45) is 0 Å². The molecule has 7 heteroatoms. The van der Waals surface area contributed by atoms with Crippen LogP contribution in [-0.2, 0) is 11.2 Å². The van der Waals surface area contributed by atoms with Crippen LogP contribution in [0.25, 0.3) is 0 Å². The fraction of sp³-hybridized carbons (Fsp3) is 0.417. The van der Waals surface area contributed by atoms with Crippen molar-refractivity contribution in [3.05, 3.63) is 28.8 Å². The van der Waals surface area contributed by atoms with Crippen LogP contribution in [0.2, 0.25) is 0 Å². The first-order valence-corrected chi connectivity index (χ1v) is 6.88. The third kappa shape index (κ3) is 3.54. The molecule has 0 spiro atoms. The third-order valence-electron chi connectivity index (χ3n) is 2.49. The van der Waals surface area contributed by atoms with Crippen LogP contribution < -0.4 is 5.32 Å². The second-order valence-corrected chi connectivity index (χ2v) is 5.10. The number of ether oxygens (including phenoxy) is 1. The van der Waals surface area contributed by atoms with E-state index in [-0.39, 0.29) is 5.97 Å². The molecule has 19 heavy (non-hydrogen) atoms. The molecule has 0 aliphatic carbocycles. The Labute approximate surface area is 115 Å². The largest absolute Gasteiger partial charge is 0.461 e. The molecule has 2 rings (SSSR count). The zero-order valence-corrected chi connectivity index (χ0v) is 11.7. The summed E-state index contributed by atoms with van der Waals surface area (Å²) >= 11 is 1.46. The van der Waals surface area contributed by atoms with Gasteiger partial charge in [-0.1, -0.05) is 0 Å². The van der Waals surface area contributed by atoms with Gasteiger partial charge in [-0.05, 0) is 13.8 Å². The van der Waals surface area contributed by atoms with Gasteiger partial charge in [-0.2, -0.15) is 0 Å². The molecule has 0 saturated heterocycles. The lowest BCUT2D eigenvalue weighted by Crippen LogP contribution is -2.08. The van der Waals surface area contributed by atoms with Crippen molar-refractivity contribution in [3.8, 4) is 0 Å². The Morgan fingerprint density at radius 2 is 2.42 bits per heavy atom. The van der Waals surface area contributed by atoms with Gasteiger partial charge in [-0.3, -0.25) is 0 Å². The van der Waals surface area contributed by atoms with E-state index in [4.69, 9.17) is 4.74 Å². The number of carbonyl (C=O) groups is 1. The number of aryl methyl sites for hydroxylation is 1. The van der Waals surface area contributed by atoms with E-state index >= 15 is 0 Å². The molecule has 0 aliphatic heterocycles. The maximum atomic E-state index is 11.6. The van der Waals surface area contributed by atoms with Crippen LogP contribution in [0.4, 0.5) is 5.13 Å². The number of hydrogen-bond acceptors (Lipinski definition) is 6. The predicted molar refractivity (Wildman–Crippen MR) is 73.6 cm³/mol. The highest BCUT2D eigenvalue weighted by Crippen LogP contribution is 2.22. The molecule has 0 bridgehead atoms. The van der Waals surface area contributed by atoms with Crippen molar-refractivity contribution in [2.75, 3.05) is 18.5 Å². The number of rotatable bonds is 6. The van der Waals surface area contributed by atoms with Crippen LogP contribution >= 0.6 is 11.3 Å². The van der Waals surface area contributed by atoms with E-state index in [2.05, 4.69) is 20.3 Å². The summed E-state index contributed by atoms with van der Waals surface area (Å²) in [5.41, 5.74) is 1.46. The number of aromatic amines is 1. The minimum absolute atomic E-state index is 0.360. The average molecular weight is 280 g/mol. The number of aromatic nitrogens is 3. The molecule has 0 radical (unpaired) electrons. The summed E-state index contributed by atoms with van der Waals surface area (Å²) in [5.74, 6) is -0.363. The molecule has 6 nitrogen and oxygen atoms in total. The van der Waals surface area contributed by atoms with Crippen LogP contribution in [-0.4, -0.2) is 34.1 Å². The smallest absolute Gasteiger partial charge is 0.358 e. The molecule has 2 N–H and O–H groups in total. The molecule has 0 aliphatic rings. The van der Waals surface area contributed by atoms with E-state index in [1.54, 1.807) is 19.4 Å². The van der Waals surface area contributed by atoms with E-state index in [1.165, 1.54) is 11.3 Å². The first-order chi connectivity index (χ1) is 9.20. The van der Waals surface area contributed by atoms with Crippen molar-refractivity contribution in [1.82, 2.24) is 15.0 Å². The zero-order valence-electron chi connectivity index (χ0n) is 10.9. The summed E-state index contributed by atoms with van der Waals surface area (Å²) in [6, 6.07) is 0. The minimum Gasteiger partial charge on any atom is -0.461 e. The summed E-state index contributed by atoms with van der Waals surface area (Å²) in [7, 11) is 0. The quantitative estimate of drug-likeness (QED) is 0.791. The van der Waals surface area contributed by atoms with E-state index in [0.717, 1.165) is 28.7 Å². The van der Waals surface area contributed by atoms with Gasteiger partial charge in [-0.25, -0.2) is 14.8 Å². The van der Waals surface area contributed by atoms with Crippen molar-refractivity contribution in [3.63, 3.8) is 0 Å². The SMILES string of the molecule is CCOC(=O)c1nc(NCCc2cnc[nH]2)sc1C. The molecule has 0 atom stereocenters. The predicted octanol–water partition coefficient (Wildman–Crippen LogP) is 2.01. The second kappa shape index (κ2) is 6.33. The molecule has 2 aromatic heterocycles. The lowest BCUT2D eigenvalue weighted by Gasteiger charge is -2.00. The first kappa shape index (κ1) is 13.5. The van der Waals surface area contributed by atoms with Gasteiger partial charge in [0.05, 0.1) is 12.9 Å². The maximum Gasteiger partial charge on any atom is 0.358 e. The lowest BCUT2D eigenvalue weighted by molar-refractivity contribution is 0.0519. The van der Waals surface area contributed by atoms with Crippen molar-refractivity contribution >= 4 is 22.4 Å². The molecule has 2 aromatic rings. The van der Waals surface area contributed by atoms with E-state index in [0.29, 0.717) is 12.3 Å². The second-order valence-electron chi connectivity index (χ2n) is 3.90. The number of carbonyl (C=O) groups excluding carboxylic acids is 1. The number of imidazole rings is 1. The molecule has 0 aromatic carbocycles. The number of thiazole rings is 1. The van der Waals surface area contributed by atoms with Crippen LogP contribution in [0.1, 0.15) is 28.0 Å². The average Bonchev–Trinajstić information content (AvgIpc) is 2.99. The molecular weight excluding hydrogens is 264 g/mol. The van der Waals surface area contributed by atoms with Crippen LogP contribution in [0, 0.1) is 6.92 Å². The highest BCUT2D eigenvalue weighted by atomic mass is 32.1. The van der Waals surface area contributed by atoms with Gasteiger partial charge in [-0.15, -0.1) is 11.3 Å². The van der Waals surface area contributed by atoms with Crippen molar-refractivity contribution in [1.29, 1.82) is 0 Å². The number of nitrogens with zero attached hydrogens (tertiary/aromatic N) is 2. The number of H-pyrrole nitrogens is 1. The van der Waals surface area contributed by atoms with Crippen molar-refractivity contribution in [2.45, 2.75) is 20.3 Å². The Morgan fingerprint density at radius 1 is 1.58 bits per heavy atom. The molecule has 0 fully saturated rings. The number of esters is 1. The molecular formula is C12H16N4O2S. The summed E-state index contributed by atoms with van der Waals surface area (Å²) in [5, 5.41) is 3.93. The van der Waals surface area contributed by atoms with E-state index < -0.39 is 0 Å². The fourth-order valence-electron chi connectivity index (χ4n) is 1.59. The lowest BCUT2D eigenvalue weighted by atomic mass is 10.3. The van der Waals surface area contributed by atoms with Gasteiger partial charge in [0, 0.05) is 29.7 Å². The maximum absolute atomic E-state index is 11.6. The summed E-state index contributed by atoms with van der Waals surface area (Å²) < 4.78 is 4.95. The van der Waals surface area contributed by atoms with Gasteiger partial charge in [0.15, 0.2) is 10.8 Å². The fourth-order valence-corrected chi connectivity index (χ4v) is 2.41.